The lowest BCUT2D eigenvalue weighted by Gasteiger charge is -2.25. The molecule has 40 heavy (non-hydrogen) atoms. The molecule has 13 heteroatoms. The van der Waals surface area contributed by atoms with Gasteiger partial charge in [0.15, 0.2) is 35.4 Å². The molecule has 3 heterocycles. The van der Waals surface area contributed by atoms with Crippen LogP contribution in [0.4, 0.5) is 23.2 Å². The summed E-state index contributed by atoms with van der Waals surface area (Å²) in [5.41, 5.74) is 0.798. The van der Waals surface area contributed by atoms with Gasteiger partial charge < -0.3 is 0 Å². The second-order valence-electron chi connectivity index (χ2n) is 9.30. The van der Waals surface area contributed by atoms with Crippen LogP contribution >= 0.6 is 0 Å². The molecule has 0 aliphatic carbocycles. The van der Waals surface area contributed by atoms with Crippen molar-refractivity contribution >= 4 is 29.1 Å². The van der Waals surface area contributed by atoms with Gasteiger partial charge in [0.25, 0.3) is 17.7 Å². The number of imide groups is 1. The number of anilines is 1. The Labute approximate surface area is 224 Å². The van der Waals surface area contributed by atoms with Crippen molar-refractivity contribution in [1.82, 2.24) is 10.0 Å². The van der Waals surface area contributed by atoms with Crippen LogP contribution in [0.25, 0.3) is 0 Å². The molecule has 0 radical (unpaired) electrons. The number of hydrogen-bond donors (Lipinski definition) is 0. The van der Waals surface area contributed by atoms with Gasteiger partial charge in [-0.15, -0.1) is 0 Å². The van der Waals surface area contributed by atoms with Crippen LogP contribution in [-0.4, -0.2) is 52.1 Å². The first-order chi connectivity index (χ1) is 19.3. The summed E-state index contributed by atoms with van der Waals surface area (Å²) < 4.78 is 56.5. The van der Waals surface area contributed by atoms with E-state index in [4.69, 9.17) is 0 Å². The van der Waals surface area contributed by atoms with Crippen LogP contribution in [0.2, 0.25) is 0 Å². The third-order valence-electron chi connectivity index (χ3n) is 6.92. The number of rotatable bonds is 5. The molecule has 0 saturated carbocycles. The summed E-state index contributed by atoms with van der Waals surface area (Å²) in [6.07, 6.45) is 0.405. The first kappa shape index (κ1) is 25.3. The van der Waals surface area contributed by atoms with Crippen LogP contribution in [0.3, 0.4) is 0 Å². The molecule has 3 aromatic carbocycles. The minimum atomic E-state index is -1.91. The molecule has 0 N–H and O–H groups in total. The molecule has 3 aromatic rings. The number of carbonyl (C=O) groups is 3. The molecular weight excluding hydrogens is 532 g/mol. The second kappa shape index (κ2) is 9.67. The van der Waals surface area contributed by atoms with E-state index >= 15 is 0 Å². The maximum Gasteiger partial charge on any atom is 0.264 e. The molecule has 3 amide bonds. The van der Waals surface area contributed by atoms with Gasteiger partial charge in [0.2, 0.25) is 0 Å². The van der Waals surface area contributed by atoms with Crippen LogP contribution < -0.4 is 4.90 Å². The summed E-state index contributed by atoms with van der Waals surface area (Å²) in [6, 6.07) is 14.8. The number of nitrogens with zero attached hydrogens (tertiary/aromatic N) is 6. The molecular formula is C27H18F4N6O3. The summed E-state index contributed by atoms with van der Waals surface area (Å²) in [4.78, 5) is 39.6. The fourth-order valence-electron chi connectivity index (χ4n) is 5.02. The van der Waals surface area contributed by atoms with Gasteiger partial charge in [-0.05, 0) is 11.1 Å². The predicted octanol–water partition coefficient (Wildman–Crippen LogP) is 3.91. The number of amides is 3. The van der Waals surface area contributed by atoms with E-state index in [1.54, 1.807) is 0 Å². The standard InChI is InChI=1S/C27H18F4N6O3/c28-16-11-17(29)22(31)24(21(16)30)36-26(39)23-25(27(36)40)35(34-32-23)13-20(38)37-19(15-9-5-2-6-10-15)12-18(33-37)14-7-3-1-4-8-14/h1-11,19,23,25H,12-13H2/t19-,23+,25+/m1/s1. The van der Waals surface area contributed by atoms with Gasteiger partial charge in [-0.3, -0.25) is 19.4 Å². The molecule has 0 unspecified atom stereocenters. The van der Waals surface area contributed by atoms with Crippen molar-refractivity contribution in [3.8, 4) is 0 Å². The maximum absolute atomic E-state index is 14.4. The van der Waals surface area contributed by atoms with Gasteiger partial charge in [-0.25, -0.2) is 27.5 Å². The van der Waals surface area contributed by atoms with E-state index in [9.17, 15) is 31.9 Å². The highest BCUT2D eigenvalue weighted by atomic mass is 19.2. The summed E-state index contributed by atoms with van der Waals surface area (Å²) in [7, 11) is 0. The highest BCUT2D eigenvalue weighted by molar-refractivity contribution is 6.25. The molecule has 202 valence electrons. The molecule has 0 spiro atoms. The van der Waals surface area contributed by atoms with Gasteiger partial charge >= 0.3 is 0 Å². The Hall–Kier alpha value is -4.94. The van der Waals surface area contributed by atoms with E-state index < -0.39 is 71.3 Å². The van der Waals surface area contributed by atoms with E-state index in [1.807, 2.05) is 60.7 Å². The van der Waals surface area contributed by atoms with Gasteiger partial charge in [0.1, 0.15) is 12.2 Å². The zero-order chi connectivity index (χ0) is 28.1. The van der Waals surface area contributed by atoms with Crippen LogP contribution in [0.5, 0.6) is 0 Å². The van der Waals surface area contributed by atoms with Crippen molar-refractivity contribution in [3.05, 3.63) is 101 Å². The number of halogens is 4. The first-order valence-electron chi connectivity index (χ1n) is 12.1. The molecule has 9 nitrogen and oxygen atoms in total. The van der Waals surface area contributed by atoms with E-state index in [0.717, 1.165) is 16.1 Å². The Morgan fingerprint density at radius 3 is 2.15 bits per heavy atom. The minimum Gasteiger partial charge on any atom is -0.271 e. The molecule has 0 bridgehead atoms. The average Bonchev–Trinajstić information content (AvgIpc) is 3.65. The third-order valence-corrected chi connectivity index (χ3v) is 6.92. The van der Waals surface area contributed by atoms with Crippen LogP contribution in [0.1, 0.15) is 23.6 Å². The number of hydrogen-bond acceptors (Lipinski definition) is 7. The topological polar surface area (TPSA) is 98.0 Å². The zero-order valence-electron chi connectivity index (χ0n) is 20.4. The summed E-state index contributed by atoms with van der Waals surface area (Å²) in [5.74, 6) is -10.4. The van der Waals surface area contributed by atoms with Gasteiger partial charge in [0, 0.05) is 12.5 Å². The van der Waals surface area contributed by atoms with Crippen molar-refractivity contribution in [1.29, 1.82) is 0 Å². The van der Waals surface area contributed by atoms with Crippen molar-refractivity contribution < 1.29 is 31.9 Å². The Morgan fingerprint density at radius 2 is 1.50 bits per heavy atom. The van der Waals surface area contributed by atoms with Gasteiger partial charge in [-0.2, -0.15) is 10.2 Å². The average molecular weight is 550 g/mol. The normalized spacial score (nSPS) is 21.9. The number of hydrazone groups is 1. The van der Waals surface area contributed by atoms with Crippen LogP contribution in [0, 0.1) is 23.3 Å². The molecule has 3 atom stereocenters. The van der Waals surface area contributed by atoms with E-state index in [1.165, 1.54) is 5.01 Å². The zero-order valence-corrected chi connectivity index (χ0v) is 20.4. The first-order valence-corrected chi connectivity index (χ1v) is 12.1. The molecule has 1 saturated heterocycles. The third kappa shape index (κ3) is 4.01. The SMILES string of the molecule is O=C1[C@H]2N=NN(CC(=O)N3N=C(c4ccccc4)C[C@@H]3c3ccccc3)[C@@H]2C(=O)N1c1c(F)c(F)cc(F)c1F. The lowest BCUT2D eigenvalue weighted by atomic mass is 9.98. The highest BCUT2D eigenvalue weighted by Crippen LogP contribution is 2.37. The summed E-state index contributed by atoms with van der Waals surface area (Å²) in [6.45, 7) is -0.561. The lowest BCUT2D eigenvalue weighted by Crippen LogP contribution is -2.45. The minimum absolute atomic E-state index is 0.0100. The van der Waals surface area contributed by atoms with Crippen LogP contribution in [-0.2, 0) is 14.4 Å². The lowest BCUT2D eigenvalue weighted by molar-refractivity contribution is -0.135. The van der Waals surface area contributed by atoms with Gasteiger partial charge in [-0.1, -0.05) is 65.9 Å². The molecule has 3 aliphatic heterocycles. The number of carbonyl (C=O) groups excluding carboxylic acids is 3. The largest absolute Gasteiger partial charge is 0.271 e. The molecule has 0 aromatic heterocycles. The molecule has 3 aliphatic rings. The number of benzene rings is 3. The fraction of sp³-hybridized carbons (Fsp3) is 0.185. The van der Waals surface area contributed by atoms with E-state index in [-0.39, 0.29) is 11.0 Å². The second-order valence-corrected chi connectivity index (χ2v) is 9.30. The maximum atomic E-state index is 14.4. The van der Waals surface area contributed by atoms with Crippen LogP contribution in [0.15, 0.2) is 82.2 Å². The van der Waals surface area contributed by atoms with Gasteiger partial charge in [0.05, 0.1) is 11.8 Å². The molecule has 6 rings (SSSR count). The van der Waals surface area contributed by atoms with Crippen molar-refractivity contribution in [2.24, 2.45) is 15.4 Å². The summed E-state index contributed by atoms with van der Waals surface area (Å²) in [5, 5.41) is 14.2. The Balaban J connectivity index is 1.28. The van der Waals surface area contributed by atoms with Crippen molar-refractivity contribution in [2.75, 3.05) is 11.4 Å². The Bertz CT molecular complexity index is 1570. The Kier molecular flexibility index (Phi) is 6.12. The number of fused-ring (bicyclic) bond motifs is 1. The quantitative estimate of drug-likeness (QED) is 0.273. The van der Waals surface area contributed by atoms with E-state index in [2.05, 4.69) is 15.4 Å². The van der Waals surface area contributed by atoms with Crippen molar-refractivity contribution in [3.63, 3.8) is 0 Å². The summed E-state index contributed by atoms with van der Waals surface area (Å²) >= 11 is 0. The smallest absolute Gasteiger partial charge is 0.264 e. The predicted molar refractivity (Wildman–Crippen MR) is 132 cm³/mol. The fourth-order valence-corrected chi connectivity index (χ4v) is 5.02. The molecule has 1 fully saturated rings. The Morgan fingerprint density at radius 1 is 0.875 bits per heavy atom. The highest BCUT2D eigenvalue weighted by Gasteiger charge is 2.57. The van der Waals surface area contributed by atoms with Crippen molar-refractivity contribution in [2.45, 2.75) is 24.5 Å². The monoisotopic (exact) mass is 550 g/mol. The van der Waals surface area contributed by atoms with E-state index in [0.29, 0.717) is 12.1 Å².